The molecule has 104 valence electrons. The summed E-state index contributed by atoms with van der Waals surface area (Å²) in [6, 6.07) is 4.77. The second-order valence-electron chi connectivity index (χ2n) is 5.29. The zero-order valence-corrected chi connectivity index (χ0v) is 12.2. The van der Waals surface area contributed by atoms with E-state index in [9.17, 15) is 4.79 Å². The third-order valence-corrected chi connectivity index (χ3v) is 4.49. The molecule has 5 heteroatoms. The number of benzene rings is 1. The molecule has 3 unspecified atom stereocenters. The molecule has 20 heavy (non-hydrogen) atoms. The molecule has 1 saturated carbocycles. The number of fused-ring (bicyclic) bond motifs is 2. The first kappa shape index (κ1) is 13.7. The summed E-state index contributed by atoms with van der Waals surface area (Å²) in [5.41, 5.74) is 2.90. The Balaban J connectivity index is 1.60. The van der Waals surface area contributed by atoms with Crippen LogP contribution in [0.3, 0.4) is 0 Å². The number of allylic oxidation sites excluding steroid dienone is 2. The van der Waals surface area contributed by atoms with E-state index in [1.54, 1.807) is 18.2 Å². The van der Waals surface area contributed by atoms with Crippen LogP contribution in [0, 0.1) is 17.8 Å². The lowest BCUT2D eigenvalue weighted by Crippen LogP contribution is -2.19. The second kappa shape index (κ2) is 5.58. The number of hydrogen-bond acceptors (Lipinski definition) is 2. The average Bonchev–Trinajstić information content (AvgIpc) is 3.00. The molecule has 0 aliphatic heterocycles. The SMILES string of the molecule is O=C(N/N=C/C1CC2C=CC1C2)c1ccc(Cl)cc1Cl. The number of nitrogens with one attached hydrogen (secondary N) is 1. The van der Waals surface area contributed by atoms with Crippen molar-refractivity contribution in [3.8, 4) is 0 Å². The van der Waals surface area contributed by atoms with Crippen LogP contribution in [0.5, 0.6) is 0 Å². The zero-order valence-electron chi connectivity index (χ0n) is 10.7. The minimum atomic E-state index is -0.318. The van der Waals surface area contributed by atoms with Gasteiger partial charge in [0.25, 0.3) is 5.91 Å². The highest BCUT2D eigenvalue weighted by atomic mass is 35.5. The minimum Gasteiger partial charge on any atom is -0.267 e. The average molecular weight is 309 g/mol. The van der Waals surface area contributed by atoms with E-state index in [1.165, 1.54) is 6.42 Å². The lowest BCUT2D eigenvalue weighted by Gasteiger charge is -2.12. The Morgan fingerprint density at radius 2 is 2.15 bits per heavy atom. The monoisotopic (exact) mass is 308 g/mol. The fourth-order valence-electron chi connectivity index (χ4n) is 2.92. The summed E-state index contributed by atoms with van der Waals surface area (Å²) >= 11 is 11.8. The summed E-state index contributed by atoms with van der Waals surface area (Å²) in [5, 5.41) is 4.89. The van der Waals surface area contributed by atoms with Gasteiger partial charge in [-0.25, -0.2) is 5.43 Å². The van der Waals surface area contributed by atoms with Crippen LogP contribution in [0.25, 0.3) is 0 Å². The smallest absolute Gasteiger partial charge is 0.267 e. The topological polar surface area (TPSA) is 41.5 Å². The molecule has 2 aliphatic carbocycles. The van der Waals surface area contributed by atoms with Crippen LogP contribution in [-0.2, 0) is 0 Å². The summed E-state index contributed by atoms with van der Waals surface area (Å²) in [6.45, 7) is 0. The highest BCUT2D eigenvalue weighted by Gasteiger charge is 2.34. The first-order valence-corrected chi connectivity index (χ1v) is 7.36. The Bertz CT molecular complexity index is 598. The Hall–Kier alpha value is -1.32. The van der Waals surface area contributed by atoms with Crippen molar-refractivity contribution in [2.24, 2.45) is 22.9 Å². The molecule has 3 nitrogen and oxygen atoms in total. The van der Waals surface area contributed by atoms with E-state index in [4.69, 9.17) is 23.2 Å². The van der Waals surface area contributed by atoms with E-state index in [0.717, 1.165) is 6.42 Å². The van der Waals surface area contributed by atoms with E-state index >= 15 is 0 Å². The number of hydrogen-bond donors (Lipinski definition) is 1. The lowest BCUT2D eigenvalue weighted by atomic mass is 9.95. The van der Waals surface area contributed by atoms with Crippen LogP contribution < -0.4 is 5.43 Å². The van der Waals surface area contributed by atoms with Gasteiger partial charge in [0, 0.05) is 17.2 Å². The third kappa shape index (κ3) is 2.74. The molecule has 2 aliphatic rings. The van der Waals surface area contributed by atoms with Crippen molar-refractivity contribution in [2.75, 3.05) is 0 Å². The van der Waals surface area contributed by atoms with Crippen LogP contribution in [0.2, 0.25) is 10.0 Å². The second-order valence-corrected chi connectivity index (χ2v) is 6.13. The summed E-state index contributed by atoms with van der Waals surface area (Å²) in [7, 11) is 0. The van der Waals surface area contributed by atoms with E-state index in [2.05, 4.69) is 22.7 Å². The van der Waals surface area contributed by atoms with Crippen LogP contribution in [0.1, 0.15) is 23.2 Å². The van der Waals surface area contributed by atoms with Crippen LogP contribution in [0.4, 0.5) is 0 Å². The standard InChI is InChI=1S/C15H14Cl2N2O/c16-12-3-4-13(14(17)7-12)15(20)19-18-8-11-6-9-1-2-10(11)5-9/h1-4,7-11H,5-6H2,(H,19,20)/b18-8+. The van der Waals surface area contributed by atoms with Crippen molar-refractivity contribution < 1.29 is 4.79 Å². The van der Waals surface area contributed by atoms with Gasteiger partial charge in [-0.1, -0.05) is 35.4 Å². The number of carbonyl (C=O) groups is 1. The van der Waals surface area contributed by atoms with Crippen molar-refractivity contribution >= 4 is 35.3 Å². The van der Waals surface area contributed by atoms with Crippen molar-refractivity contribution in [3.63, 3.8) is 0 Å². The van der Waals surface area contributed by atoms with Crippen molar-refractivity contribution in [1.82, 2.24) is 5.43 Å². The van der Waals surface area contributed by atoms with Gasteiger partial charge in [-0.2, -0.15) is 5.10 Å². The number of halogens is 2. The molecule has 1 aromatic rings. The molecule has 1 fully saturated rings. The van der Waals surface area contributed by atoms with E-state index in [1.807, 2.05) is 6.21 Å². The van der Waals surface area contributed by atoms with E-state index in [0.29, 0.717) is 33.4 Å². The van der Waals surface area contributed by atoms with Gasteiger partial charge in [0.15, 0.2) is 0 Å². The number of carbonyl (C=O) groups excluding carboxylic acids is 1. The maximum absolute atomic E-state index is 11.9. The number of hydrazone groups is 1. The number of nitrogens with zero attached hydrogens (tertiary/aromatic N) is 1. The van der Waals surface area contributed by atoms with Crippen LogP contribution >= 0.6 is 23.2 Å². The molecule has 3 rings (SSSR count). The molecule has 3 atom stereocenters. The van der Waals surface area contributed by atoms with Gasteiger partial charge in [-0.3, -0.25) is 4.79 Å². The molecule has 1 amide bonds. The first-order valence-electron chi connectivity index (χ1n) is 6.60. The highest BCUT2D eigenvalue weighted by Crippen LogP contribution is 2.42. The lowest BCUT2D eigenvalue weighted by molar-refractivity contribution is 0.0955. The molecular weight excluding hydrogens is 295 g/mol. The zero-order chi connectivity index (χ0) is 14.1. The van der Waals surface area contributed by atoms with Gasteiger partial charge in [-0.15, -0.1) is 0 Å². The van der Waals surface area contributed by atoms with Crippen molar-refractivity contribution in [2.45, 2.75) is 12.8 Å². The fraction of sp³-hybridized carbons (Fsp3) is 0.333. The van der Waals surface area contributed by atoms with Gasteiger partial charge in [0.2, 0.25) is 0 Å². The van der Waals surface area contributed by atoms with Crippen molar-refractivity contribution in [3.05, 3.63) is 46.0 Å². The summed E-state index contributed by atoms with van der Waals surface area (Å²) in [5.74, 6) is 1.39. The molecular formula is C15H14Cl2N2O. The quantitative estimate of drug-likeness (QED) is 0.513. The summed E-state index contributed by atoms with van der Waals surface area (Å²) in [6.07, 6.45) is 8.72. The molecule has 0 spiro atoms. The Kier molecular flexibility index (Phi) is 3.81. The van der Waals surface area contributed by atoms with Gasteiger partial charge in [-0.05, 0) is 42.9 Å². The third-order valence-electron chi connectivity index (χ3n) is 3.94. The summed E-state index contributed by atoms with van der Waals surface area (Å²) in [4.78, 5) is 11.9. The first-order chi connectivity index (χ1) is 9.63. The molecule has 1 N–H and O–H groups in total. The Morgan fingerprint density at radius 1 is 1.30 bits per heavy atom. The molecule has 0 aromatic heterocycles. The van der Waals surface area contributed by atoms with Gasteiger partial charge in [0.05, 0.1) is 10.6 Å². The molecule has 0 radical (unpaired) electrons. The molecule has 2 bridgehead atoms. The molecule has 1 aromatic carbocycles. The highest BCUT2D eigenvalue weighted by molar-refractivity contribution is 6.36. The predicted octanol–water partition coefficient (Wildman–Crippen LogP) is 3.92. The predicted molar refractivity (Wildman–Crippen MR) is 81.3 cm³/mol. The Labute approximate surface area is 127 Å². The largest absolute Gasteiger partial charge is 0.272 e. The van der Waals surface area contributed by atoms with Gasteiger partial charge in [0.1, 0.15) is 0 Å². The number of rotatable bonds is 3. The Morgan fingerprint density at radius 3 is 2.80 bits per heavy atom. The fourth-order valence-corrected chi connectivity index (χ4v) is 3.41. The van der Waals surface area contributed by atoms with Crippen molar-refractivity contribution in [1.29, 1.82) is 0 Å². The molecule has 0 saturated heterocycles. The van der Waals surface area contributed by atoms with Gasteiger partial charge >= 0.3 is 0 Å². The van der Waals surface area contributed by atoms with Crippen LogP contribution in [0.15, 0.2) is 35.5 Å². The van der Waals surface area contributed by atoms with E-state index < -0.39 is 0 Å². The maximum atomic E-state index is 11.9. The normalized spacial score (nSPS) is 27.4. The van der Waals surface area contributed by atoms with Crippen LogP contribution in [-0.4, -0.2) is 12.1 Å². The number of amides is 1. The maximum Gasteiger partial charge on any atom is 0.272 e. The minimum absolute atomic E-state index is 0.318. The van der Waals surface area contributed by atoms with Gasteiger partial charge < -0.3 is 0 Å². The molecule has 0 heterocycles. The summed E-state index contributed by atoms with van der Waals surface area (Å²) < 4.78 is 0. The van der Waals surface area contributed by atoms with E-state index in [-0.39, 0.29) is 5.91 Å².